The topological polar surface area (TPSA) is 105 Å². The van der Waals surface area contributed by atoms with Gasteiger partial charge in [-0.3, -0.25) is 0 Å². The minimum Gasteiger partial charge on any atom is -0.351 e. The third-order valence-electron chi connectivity index (χ3n) is 3.61. The van der Waals surface area contributed by atoms with Crippen molar-refractivity contribution in [3.8, 4) is 0 Å². The predicted molar refractivity (Wildman–Crippen MR) is 84.1 cm³/mol. The van der Waals surface area contributed by atoms with Crippen molar-refractivity contribution in [2.45, 2.75) is 31.6 Å². The molecule has 0 saturated carbocycles. The summed E-state index contributed by atoms with van der Waals surface area (Å²) in [5.41, 5.74) is 7.45. The molecule has 22 heavy (non-hydrogen) atoms. The number of sulfonamides is 1. The summed E-state index contributed by atoms with van der Waals surface area (Å²) >= 11 is 0. The summed E-state index contributed by atoms with van der Waals surface area (Å²) in [5.74, 6) is 0. The van der Waals surface area contributed by atoms with Crippen LogP contribution in [0.2, 0.25) is 0 Å². The molecule has 1 fully saturated rings. The Bertz CT molecular complexity index is 703. The number of hydrazone groups is 1. The molecule has 120 valence electrons. The Morgan fingerprint density at radius 2 is 1.91 bits per heavy atom. The summed E-state index contributed by atoms with van der Waals surface area (Å²) in [5, 5.41) is 4.00. The van der Waals surface area contributed by atoms with Crippen LogP contribution in [0.25, 0.3) is 0 Å². The molecule has 8 heteroatoms. The smallest absolute Gasteiger partial charge is 0.314 e. The van der Waals surface area contributed by atoms with Crippen molar-refractivity contribution < 1.29 is 13.2 Å². The highest BCUT2D eigenvalue weighted by atomic mass is 32.2. The van der Waals surface area contributed by atoms with Crippen molar-refractivity contribution in [3.05, 3.63) is 29.3 Å². The number of amides is 2. The van der Waals surface area contributed by atoms with Gasteiger partial charge in [0.15, 0.2) is 0 Å². The summed E-state index contributed by atoms with van der Waals surface area (Å²) in [7, 11) is -3.69. The molecule has 2 amide bonds. The molecule has 1 heterocycles. The van der Waals surface area contributed by atoms with Crippen LogP contribution in [-0.2, 0) is 10.0 Å². The highest BCUT2D eigenvalue weighted by Gasteiger charge is 2.20. The van der Waals surface area contributed by atoms with Crippen LogP contribution in [0.15, 0.2) is 28.2 Å². The third-order valence-corrected chi connectivity index (χ3v) is 4.96. The number of hydrogen-bond acceptors (Lipinski definition) is 4. The molecule has 0 spiro atoms. The minimum atomic E-state index is -3.69. The van der Waals surface area contributed by atoms with Crippen LogP contribution in [-0.4, -0.2) is 38.2 Å². The van der Waals surface area contributed by atoms with E-state index >= 15 is 0 Å². The predicted octanol–water partition coefficient (Wildman–Crippen LogP) is 1.11. The number of nitrogens with two attached hydrogens (primary N) is 1. The molecule has 3 N–H and O–H groups in total. The van der Waals surface area contributed by atoms with Crippen LogP contribution >= 0.6 is 0 Å². The van der Waals surface area contributed by atoms with E-state index in [1.165, 1.54) is 4.90 Å². The largest absolute Gasteiger partial charge is 0.351 e. The van der Waals surface area contributed by atoms with Crippen molar-refractivity contribution in [1.82, 2.24) is 9.73 Å². The molecule has 2 rings (SSSR count). The van der Waals surface area contributed by atoms with Crippen LogP contribution < -0.4 is 10.6 Å². The summed E-state index contributed by atoms with van der Waals surface area (Å²) in [4.78, 5) is 15.1. The Kier molecular flexibility index (Phi) is 4.70. The maximum absolute atomic E-state index is 12.3. The zero-order chi connectivity index (χ0) is 16.3. The second-order valence-corrected chi connectivity index (χ2v) is 7.00. The van der Waals surface area contributed by atoms with E-state index in [9.17, 15) is 13.2 Å². The van der Waals surface area contributed by atoms with Gasteiger partial charge < -0.3 is 10.6 Å². The average Bonchev–Trinajstić information content (AvgIpc) is 2.48. The monoisotopic (exact) mass is 324 g/mol. The fourth-order valence-electron chi connectivity index (χ4n) is 2.27. The number of carbonyl (C=O) groups excluding carboxylic acids is 1. The third kappa shape index (κ3) is 3.76. The van der Waals surface area contributed by atoms with Gasteiger partial charge in [0.05, 0.1) is 4.90 Å². The van der Waals surface area contributed by atoms with Gasteiger partial charge in [-0.2, -0.15) is 13.5 Å². The van der Waals surface area contributed by atoms with E-state index in [0.717, 1.165) is 5.56 Å². The van der Waals surface area contributed by atoms with Crippen LogP contribution in [0.1, 0.15) is 24.0 Å². The highest BCUT2D eigenvalue weighted by Crippen LogP contribution is 2.16. The lowest BCUT2D eigenvalue weighted by atomic mass is 10.1. The molecule has 0 radical (unpaired) electrons. The van der Waals surface area contributed by atoms with Crippen LogP contribution in [0.3, 0.4) is 0 Å². The van der Waals surface area contributed by atoms with Crippen LogP contribution in [0.4, 0.5) is 4.79 Å². The number of benzene rings is 1. The van der Waals surface area contributed by atoms with Gasteiger partial charge in [-0.25, -0.2) is 9.63 Å². The highest BCUT2D eigenvalue weighted by molar-refractivity contribution is 7.89. The number of nitrogens with zero attached hydrogens (tertiary/aromatic N) is 2. The number of aryl methyl sites for hydroxylation is 2. The van der Waals surface area contributed by atoms with Gasteiger partial charge in [0, 0.05) is 31.6 Å². The lowest BCUT2D eigenvalue weighted by Crippen LogP contribution is -2.42. The van der Waals surface area contributed by atoms with Crippen molar-refractivity contribution in [3.63, 3.8) is 0 Å². The Morgan fingerprint density at radius 1 is 1.27 bits per heavy atom. The van der Waals surface area contributed by atoms with Gasteiger partial charge in [0.2, 0.25) is 0 Å². The molecule has 1 aliphatic heterocycles. The molecule has 1 aromatic carbocycles. The number of piperidine rings is 1. The molecule has 0 bridgehead atoms. The summed E-state index contributed by atoms with van der Waals surface area (Å²) in [6.07, 6.45) is 1.02. The summed E-state index contributed by atoms with van der Waals surface area (Å²) in [6.45, 7) is 4.50. The molecule has 1 aliphatic rings. The maximum atomic E-state index is 12.3. The second kappa shape index (κ2) is 6.35. The molecular weight excluding hydrogens is 304 g/mol. The lowest BCUT2D eigenvalue weighted by Gasteiger charge is -2.25. The lowest BCUT2D eigenvalue weighted by molar-refractivity contribution is 0.207. The first-order valence-corrected chi connectivity index (χ1v) is 8.47. The Labute approximate surface area is 130 Å². The Morgan fingerprint density at radius 3 is 2.50 bits per heavy atom. The first-order valence-electron chi connectivity index (χ1n) is 6.98. The Hall–Kier alpha value is -2.09. The molecule has 0 aliphatic carbocycles. The molecule has 0 atom stereocenters. The summed E-state index contributed by atoms with van der Waals surface area (Å²) < 4.78 is 24.6. The number of carbonyl (C=O) groups is 1. The van der Waals surface area contributed by atoms with Gasteiger partial charge in [-0.05, 0) is 31.0 Å². The average molecular weight is 324 g/mol. The molecule has 0 aromatic heterocycles. The number of nitrogens with one attached hydrogen (secondary N) is 1. The molecule has 1 saturated heterocycles. The molecule has 0 unspecified atom stereocenters. The van der Waals surface area contributed by atoms with Gasteiger partial charge in [0.25, 0.3) is 10.0 Å². The first kappa shape index (κ1) is 16.3. The number of likely N-dealkylation sites (tertiary alicyclic amines) is 1. The normalized spacial score (nSPS) is 15.5. The van der Waals surface area contributed by atoms with E-state index < -0.39 is 16.1 Å². The number of primary amides is 1. The molecule has 7 nitrogen and oxygen atoms in total. The standard InChI is InChI=1S/C14H20N4O3S/c1-10-3-4-11(2)13(9-10)22(20,21)17-16-12-5-7-18(8-6-12)14(15)19/h3-4,9,17H,5-8H2,1-2H3,(H2,15,19). The zero-order valence-corrected chi connectivity index (χ0v) is 13.5. The van der Waals surface area contributed by atoms with Crippen LogP contribution in [0, 0.1) is 13.8 Å². The van der Waals surface area contributed by atoms with Gasteiger partial charge in [-0.15, -0.1) is 0 Å². The second-order valence-electron chi connectivity index (χ2n) is 5.37. The van der Waals surface area contributed by atoms with E-state index in [-0.39, 0.29) is 4.90 Å². The van der Waals surface area contributed by atoms with E-state index in [4.69, 9.17) is 5.73 Å². The fraction of sp³-hybridized carbons (Fsp3) is 0.429. The van der Waals surface area contributed by atoms with Gasteiger partial charge in [-0.1, -0.05) is 12.1 Å². The van der Waals surface area contributed by atoms with Crippen molar-refractivity contribution in [2.75, 3.05) is 13.1 Å². The van der Waals surface area contributed by atoms with Crippen molar-refractivity contribution >= 4 is 21.8 Å². The SMILES string of the molecule is Cc1ccc(C)c(S(=O)(=O)NN=C2CCN(C(N)=O)CC2)c1. The summed E-state index contributed by atoms with van der Waals surface area (Å²) in [6, 6.07) is 4.78. The van der Waals surface area contributed by atoms with E-state index in [2.05, 4.69) is 9.93 Å². The zero-order valence-electron chi connectivity index (χ0n) is 12.7. The quantitative estimate of drug-likeness (QED) is 0.814. The van der Waals surface area contributed by atoms with Crippen molar-refractivity contribution in [1.29, 1.82) is 0 Å². The van der Waals surface area contributed by atoms with E-state index in [1.54, 1.807) is 19.1 Å². The number of hydrogen-bond donors (Lipinski definition) is 2. The first-order chi connectivity index (χ1) is 10.3. The molecular formula is C14H20N4O3S. The van der Waals surface area contributed by atoms with Gasteiger partial charge in [0.1, 0.15) is 0 Å². The van der Waals surface area contributed by atoms with E-state index in [1.807, 2.05) is 13.0 Å². The van der Waals surface area contributed by atoms with Crippen LogP contribution in [0.5, 0.6) is 0 Å². The molecule has 1 aromatic rings. The fourth-order valence-corrected chi connectivity index (χ4v) is 3.45. The maximum Gasteiger partial charge on any atom is 0.314 e. The number of rotatable bonds is 3. The number of urea groups is 1. The minimum absolute atomic E-state index is 0.228. The van der Waals surface area contributed by atoms with Gasteiger partial charge >= 0.3 is 6.03 Å². The van der Waals surface area contributed by atoms with Crippen molar-refractivity contribution in [2.24, 2.45) is 10.8 Å². The Balaban J connectivity index is 2.09. The van der Waals surface area contributed by atoms with E-state index in [0.29, 0.717) is 37.2 Å².